The van der Waals surface area contributed by atoms with Crippen LogP contribution in [0, 0.1) is 0 Å². The number of methoxy groups -OCH3 is 2. The molecule has 0 heterocycles. The molecule has 2 rings (SSSR count). The van der Waals surface area contributed by atoms with E-state index in [1.165, 1.54) is 5.56 Å². The fraction of sp³-hybridized carbons (Fsp3) is 0.250. The Bertz CT molecular complexity index is 569. The molecule has 20 heavy (non-hydrogen) atoms. The third kappa shape index (κ3) is 3.68. The summed E-state index contributed by atoms with van der Waals surface area (Å²) in [6.45, 7) is 0. The lowest BCUT2D eigenvalue weighted by atomic mass is 10.0. The lowest BCUT2D eigenvalue weighted by Gasteiger charge is -2.13. The van der Waals surface area contributed by atoms with Crippen molar-refractivity contribution in [1.82, 2.24) is 0 Å². The normalized spacial score (nSPS) is 12.0. The molecule has 0 amide bonds. The van der Waals surface area contributed by atoms with E-state index in [-0.39, 0.29) is 5.38 Å². The molecule has 0 spiro atoms. The first kappa shape index (κ1) is 15.2. The van der Waals surface area contributed by atoms with Crippen molar-refractivity contribution >= 4 is 27.5 Å². The van der Waals surface area contributed by atoms with Crippen LogP contribution in [0.15, 0.2) is 46.9 Å². The van der Waals surface area contributed by atoms with Crippen molar-refractivity contribution in [1.29, 1.82) is 0 Å². The molecule has 0 saturated heterocycles. The SMILES string of the molecule is COc1ccc(C(Cl)Cc2ccc(Br)cc2)cc1OC. The second-order valence-electron chi connectivity index (χ2n) is 4.41. The van der Waals surface area contributed by atoms with Gasteiger partial charge >= 0.3 is 0 Å². The lowest BCUT2D eigenvalue weighted by molar-refractivity contribution is 0.354. The Hall–Kier alpha value is -1.19. The van der Waals surface area contributed by atoms with E-state index in [1.54, 1.807) is 14.2 Å². The largest absolute Gasteiger partial charge is 0.493 e. The average molecular weight is 356 g/mol. The van der Waals surface area contributed by atoms with E-state index < -0.39 is 0 Å². The van der Waals surface area contributed by atoms with Crippen LogP contribution in [-0.2, 0) is 6.42 Å². The van der Waals surface area contributed by atoms with Crippen molar-refractivity contribution in [2.45, 2.75) is 11.8 Å². The van der Waals surface area contributed by atoms with Gasteiger partial charge in [-0.05, 0) is 41.8 Å². The maximum Gasteiger partial charge on any atom is 0.161 e. The molecule has 0 aromatic heterocycles. The molecular formula is C16H16BrClO2. The van der Waals surface area contributed by atoms with Crippen LogP contribution in [0.1, 0.15) is 16.5 Å². The van der Waals surface area contributed by atoms with Crippen molar-refractivity contribution in [3.05, 3.63) is 58.1 Å². The Balaban J connectivity index is 2.16. The fourth-order valence-corrected chi connectivity index (χ4v) is 2.57. The maximum atomic E-state index is 6.50. The van der Waals surface area contributed by atoms with Crippen LogP contribution in [0.5, 0.6) is 11.5 Å². The zero-order valence-electron chi connectivity index (χ0n) is 11.4. The summed E-state index contributed by atoms with van der Waals surface area (Å²) in [4.78, 5) is 0. The van der Waals surface area contributed by atoms with Crippen molar-refractivity contribution < 1.29 is 9.47 Å². The van der Waals surface area contributed by atoms with Crippen LogP contribution in [0.25, 0.3) is 0 Å². The first-order valence-corrected chi connectivity index (χ1v) is 7.47. The molecule has 1 atom stereocenters. The van der Waals surface area contributed by atoms with Crippen LogP contribution >= 0.6 is 27.5 Å². The standard InChI is InChI=1S/C16H16BrClO2/c1-19-15-8-5-12(10-16(15)20-2)14(18)9-11-3-6-13(17)7-4-11/h3-8,10,14H,9H2,1-2H3. The van der Waals surface area contributed by atoms with E-state index in [0.29, 0.717) is 11.5 Å². The van der Waals surface area contributed by atoms with Crippen molar-refractivity contribution in [3.8, 4) is 11.5 Å². The molecular weight excluding hydrogens is 340 g/mol. The molecule has 2 nitrogen and oxygen atoms in total. The number of alkyl halides is 1. The second kappa shape index (κ2) is 7.00. The van der Waals surface area contributed by atoms with Crippen molar-refractivity contribution in [2.24, 2.45) is 0 Å². The molecule has 0 aliphatic rings. The van der Waals surface area contributed by atoms with Crippen LogP contribution in [0.2, 0.25) is 0 Å². The molecule has 106 valence electrons. The van der Waals surface area contributed by atoms with Crippen molar-refractivity contribution in [3.63, 3.8) is 0 Å². The van der Waals surface area contributed by atoms with E-state index in [9.17, 15) is 0 Å². The molecule has 0 fully saturated rings. The molecule has 0 bridgehead atoms. The number of halogens is 2. The van der Waals surface area contributed by atoms with Gasteiger partial charge in [0.25, 0.3) is 0 Å². The van der Waals surface area contributed by atoms with Crippen LogP contribution in [0.4, 0.5) is 0 Å². The highest BCUT2D eigenvalue weighted by molar-refractivity contribution is 9.10. The molecule has 0 saturated carbocycles. The molecule has 2 aromatic carbocycles. The molecule has 0 aliphatic heterocycles. The van der Waals surface area contributed by atoms with E-state index in [2.05, 4.69) is 28.1 Å². The summed E-state index contributed by atoms with van der Waals surface area (Å²) in [6.07, 6.45) is 0.768. The molecule has 0 aliphatic carbocycles. The van der Waals surface area contributed by atoms with Crippen LogP contribution in [-0.4, -0.2) is 14.2 Å². The van der Waals surface area contributed by atoms with E-state index in [0.717, 1.165) is 16.5 Å². The van der Waals surface area contributed by atoms with Gasteiger partial charge in [0.2, 0.25) is 0 Å². The average Bonchev–Trinajstić information content (AvgIpc) is 2.48. The molecule has 2 aromatic rings. The summed E-state index contributed by atoms with van der Waals surface area (Å²) in [5.41, 5.74) is 2.22. The zero-order valence-corrected chi connectivity index (χ0v) is 13.7. The van der Waals surface area contributed by atoms with Crippen LogP contribution in [0.3, 0.4) is 0 Å². The Kier molecular flexibility index (Phi) is 5.32. The highest BCUT2D eigenvalue weighted by Crippen LogP contribution is 2.33. The minimum atomic E-state index is -0.101. The van der Waals surface area contributed by atoms with Gasteiger partial charge < -0.3 is 9.47 Å². The fourth-order valence-electron chi connectivity index (χ4n) is 1.99. The van der Waals surface area contributed by atoms with Gasteiger partial charge in [-0.1, -0.05) is 34.1 Å². The van der Waals surface area contributed by atoms with Gasteiger partial charge in [0.1, 0.15) is 0 Å². The number of rotatable bonds is 5. The Morgan fingerprint density at radius 2 is 1.65 bits per heavy atom. The third-order valence-electron chi connectivity index (χ3n) is 3.10. The van der Waals surface area contributed by atoms with Gasteiger partial charge in [-0.15, -0.1) is 11.6 Å². The second-order valence-corrected chi connectivity index (χ2v) is 5.86. The van der Waals surface area contributed by atoms with Gasteiger partial charge in [-0.2, -0.15) is 0 Å². The summed E-state index contributed by atoms with van der Waals surface area (Å²) in [5, 5.41) is -0.101. The smallest absolute Gasteiger partial charge is 0.161 e. The van der Waals surface area contributed by atoms with Gasteiger partial charge in [-0.25, -0.2) is 0 Å². The summed E-state index contributed by atoms with van der Waals surface area (Å²) in [6, 6.07) is 14.0. The summed E-state index contributed by atoms with van der Waals surface area (Å²) in [7, 11) is 3.25. The summed E-state index contributed by atoms with van der Waals surface area (Å²) in [5.74, 6) is 1.41. The number of benzene rings is 2. The van der Waals surface area contributed by atoms with Gasteiger partial charge in [0.05, 0.1) is 19.6 Å². The monoisotopic (exact) mass is 354 g/mol. The predicted octanol–water partition coefficient (Wildman–Crippen LogP) is 4.99. The van der Waals surface area contributed by atoms with E-state index in [4.69, 9.17) is 21.1 Å². The third-order valence-corrected chi connectivity index (χ3v) is 4.03. The minimum absolute atomic E-state index is 0.101. The maximum absolute atomic E-state index is 6.50. The highest BCUT2D eigenvalue weighted by atomic mass is 79.9. The number of hydrogen-bond donors (Lipinski definition) is 0. The molecule has 0 N–H and O–H groups in total. The highest BCUT2D eigenvalue weighted by Gasteiger charge is 2.12. The number of hydrogen-bond acceptors (Lipinski definition) is 2. The quantitative estimate of drug-likeness (QED) is 0.704. The Morgan fingerprint density at radius 1 is 1.00 bits per heavy atom. The van der Waals surface area contributed by atoms with Crippen LogP contribution < -0.4 is 9.47 Å². The molecule has 0 radical (unpaired) electrons. The Morgan fingerprint density at radius 3 is 2.25 bits per heavy atom. The lowest BCUT2D eigenvalue weighted by Crippen LogP contribution is -1.98. The van der Waals surface area contributed by atoms with Gasteiger partial charge in [0.15, 0.2) is 11.5 Å². The van der Waals surface area contributed by atoms with Crippen molar-refractivity contribution in [2.75, 3.05) is 14.2 Å². The molecule has 1 unspecified atom stereocenters. The topological polar surface area (TPSA) is 18.5 Å². The minimum Gasteiger partial charge on any atom is -0.493 e. The summed E-state index contributed by atoms with van der Waals surface area (Å²) >= 11 is 9.92. The Labute approximate surface area is 132 Å². The predicted molar refractivity (Wildman–Crippen MR) is 86.0 cm³/mol. The van der Waals surface area contributed by atoms with Gasteiger partial charge in [-0.3, -0.25) is 0 Å². The first-order valence-electron chi connectivity index (χ1n) is 6.24. The molecule has 4 heteroatoms. The van der Waals surface area contributed by atoms with E-state index >= 15 is 0 Å². The first-order chi connectivity index (χ1) is 9.63. The van der Waals surface area contributed by atoms with E-state index in [1.807, 2.05) is 30.3 Å². The summed E-state index contributed by atoms with van der Waals surface area (Å²) < 4.78 is 11.6. The number of ether oxygens (including phenoxy) is 2. The zero-order chi connectivity index (χ0) is 14.5. The van der Waals surface area contributed by atoms with Gasteiger partial charge in [0, 0.05) is 4.47 Å².